The molecule has 0 aliphatic heterocycles. The van der Waals surface area contributed by atoms with Crippen molar-refractivity contribution < 1.29 is 9.53 Å². The first-order valence-electron chi connectivity index (χ1n) is 5.83. The Bertz CT molecular complexity index is 463. The number of nitrogens with two attached hydrogens (primary N) is 1. The van der Waals surface area contributed by atoms with E-state index in [9.17, 15) is 4.79 Å². The van der Waals surface area contributed by atoms with Crippen molar-refractivity contribution in [3.8, 4) is 18.1 Å². The zero-order valence-electron chi connectivity index (χ0n) is 10.7. The van der Waals surface area contributed by atoms with Crippen LogP contribution in [0.3, 0.4) is 0 Å². The summed E-state index contributed by atoms with van der Waals surface area (Å²) in [5.41, 5.74) is 6.55. The number of benzene rings is 1. The van der Waals surface area contributed by atoms with Gasteiger partial charge in [0.2, 0.25) is 0 Å². The van der Waals surface area contributed by atoms with E-state index < -0.39 is 0 Å². The minimum Gasteiger partial charge on any atom is -0.495 e. The number of hydrogen-bond acceptors (Lipinski definition) is 3. The fourth-order valence-corrected chi connectivity index (χ4v) is 1.64. The lowest BCUT2D eigenvalue weighted by atomic mass is 10.1. The Labute approximate surface area is 108 Å². The highest BCUT2D eigenvalue weighted by atomic mass is 16.5. The minimum atomic E-state index is -0.275. The van der Waals surface area contributed by atoms with Crippen LogP contribution in [0.25, 0.3) is 0 Å². The molecule has 96 valence electrons. The van der Waals surface area contributed by atoms with Crippen molar-refractivity contribution in [1.29, 1.82) is 0 Å². The highest BCUT2D eigenvalue weighted by Crippen LogP contribution is 2.24. The Morgan fingerprint density at radius 1 is 1.61 bits per heavy atom. The van der Waals surface area contributed by atoms with Gasteiger partial charge in [-0.25, -0.2) is 0 Å². The smallest absolute Gasteiger partial charge is 0.254 e. The zero-order valence-corrected chi connectivity index (χ0v) is 10.7. The molecule has 1 aromatic rings. The molecule has 1 amide bonds. The molecule has 0 radical (unpaired) electrons. The van der Waals surface area contributed by atoms with E-state index in [1.54, 1.807) is 18.2 Å². The van der Waals surface area contributed by atoms with E-state index in [-0.39, 0.29) is 11.9 Å². The van der Waals surface area contributed by atoms with Crippen LogP contribution in [0, 0.1) is 12.3 Å². The number of rotatable bonds is 5. The second-order valence-electron chi connectivity index (χ2n) is 3.90. The first-order chi connectivity index (χ1) is 8.63. The molecule has 4 heteroatoms. The van der Waals surface area contributed by atoms with Crippen LogP contribution in [0.15, 0.2) is 18.2 Å². The zero-order chi connectivity index (χ0) is 13.5. The van der Waals surface area contributed by atoms with E-state index in [4.69, 9.17) is 16.9 Å². The number of amides is 1. The van der Waals surface area contributed by atoms with Gasteiger partial charge >= 0.3 is 0 Å². The number of methoxy groups -OCH3 is 1. The van der Waals surface area contributed by atoms with Gasteiger partial charge in [0.1, 0.15) is 5.75 Å². The molecule has 0 saturated carbocycles. The van der Waals surface area contributed by atoms with Gasteiger partial charge in [0.25, 0.3) is 5.91 Å². The first kappa shape index (κ1) is 13.9. The molecular formula is C14H18N2O2. The number of carbonyl (C=O) groups is 1. The van der Waals surface area contributed by atoms with Crippen LogP contribution < -0.4 is 15.8 Å². The van der Waals surface area contributed by atoms with Gasteiger partial charge in [0, 0.05) is 0 Å². The summed E-state index contributed by atoms with van der Waals surface area (Å²) in [6, 6.07) is 4.80. The average molecular weight is 246 g/mol. The van der Waals surface area contributed by atoms with E-state index in [2.05, 4.69) is 11.2 Å². The van der Waals surface area contributed by atoms with Gasteiger partial charge < -0.3 is 15.8 Å². The molecule has 0 heterocycles. The van der Waals surface area contributed by atoms with Crippen molar-refractivity contribution in [2.24, 2.45) is 0 Å². The Morgan fingerprint density at radius 2 is 2.33 bits per heavy atom. The number of anilines is 1. The van der Waals surface area contributed by atoms with Gasteiger partial charge in [0.15, 0.2) is 0 Å². The Balaban J connectivity index is 2.88. The number of nitrogens with one attached hydrogen (secondary N) is 1. The maximum atomic E-state index is 12.0. The van der Waals surface area contributed by atoms with E-state index in [1.165, 1.54) is 7.11 Å². The quantitative estimate of drug-likeness (QED) is 0.615. The van der Waals surface area contributed by atoms with Gasteiger partial charge in [-0.2, -0.15) is 0 Å². The standard InChI is InChI=1S/C14H18N2O2/c1-4-7-10(5-2)16-14(17)11-8-6-9-12(18-3)13(11)15/h2,6,8-10H,4,7,15H2,1,3H3,(H,16,17). The number of carbonyl (C=O) groups excluding carboxylic acids is 1. The van der Waals surface area contributed by atoms with Crippen LogP contribution in [0.1, 0.15) is 30.1 Å². The lowest BCUT2D eigenvalue weighted by molar-refractivity contribution is 0.0945. The Kier molecular flexibility index (Phi) is 5.06. The summed E-state index contributed by atoms with van der Waals surface area (Å²) in [6.07, 6.45) is 7.01. The summed E-state index contributed by atoms with van der Waals surface area (Å²) in [5.74, 6) is 2.75. The van der Waals surface area contributed by atoms with E-state index >= 15 is 0 Å². The molecule has 0 fully saturated rings. The molecule has 1 atom stereocenters. The van der Waals surface area contributed by atoms with Crippen LogP contribution >= 0.6 is 0 Å². The molecule has 0 aliphatic rings. The molecule has 1 aromatic carbocycles. The third-order valence-corrected chi connectivity index (χ3v) is 2.61. The van der Waals surface area contributed by atoms with Gasteiger partial charge in [-0.1, -0.05) is 25.3 Å². The summed E-state index contributed by atoms with van der Waals surface area (Å²) in [4.78, 5) is 12.0. The van der Waals surface area contributed by atoms with Crippen molar-refractivity contribution in [1.82, 2.24) is 5.32 Å². The van der Waals surface area contributed by atoms with Gasteiger partial charge in [0.05, 0.1) is 24.4 Å². The van der Waals surface area contributed by atoms with Gasteiger partial charge in [-0.15, -0.1) is 6.42 Å². The molecule has 0 aromatic heterocycles. The Morgan fingerprint density at radius 3 is 2.89 bits per heavy atom. The molecule has 18 heavy (non-hydrogen) atoms. The van der Waals surface area contributed by atoms with E-state index in [1.807, 2.05) is 6.92 Å². The highest BCUT2D eigenvalue weighted by molar-refractivity contribution is 6.00. The number of terminal acetylenes is 1. The van der Waals surface area contributed by atoms with Gasteiger partial charge in [-0.3, -0.25) is 4.79 Å². The van der Waals surface area contributed by atoms with Crippen LogP contribution in [0.5, 0.6) is 5.75 Å². The SMILES string of the molecule is C#CC(CCC)NC(=O)c1cccc(OC)c1N. The van der Waals surface area contributed by atoms with Crippen LogP contribution in [0.4, 0.5) is 5.69 Å². The molecule has 0 aliphatic carbocycles. The number of nitrogen functional groups attached to an aromatic ring is 1. The normalized spacial score (nSPS) is 11.4. The van der Waals surface area contributed by atoms with Crippen molar-refractivity contribution in [2.75, 3.05) is 12.8 Å². The monoisotopic (exact) mass is 246 g/mol. The average Bonchev–Trinajstić information content (AvgIpc) is 2.38. The third kappa shape index (κ3) is 3.17. The van der Waals surface area contributed by atoms with Crippen LogP contribution in [0.2, 0.25) is 0 Å². The highest BCUT2D eigenvalue weighted by Gasteiger charge is 2.15. The molecule has 0 bridgehead atoms. The maximum absolute atomic E-state index is 12.0. The fourth-order valence-electron chi connectivity index (χ4n) is 1.64. The van der Waals surface area contributed by atoms with Crippen molar-refractivity contribution in [3.05, 3.63) is 23.8 Å². The minimum absolute atomic E-state index is 0.270. The van der Waals surface area contributed by atoms with Crippen molar-refractivity contribution >= 4 is 11.6 Å². The van der Waals surface area contributed by atoms with Gasteiger partial charge in [-0.05, 0) is 18.6 Å². The van der Waals surface area contributed by atoms with Crippen molar-refractivity contribution in [3.63, 3.8) is 0 Å². The molecule has 4 nitrogen and oxygen atoms in total. The third-order valence-electron chi connectivity index (χ3n) is 2.61. The summed E-state index contributed by atoms with van der Waals surface area (Å²) in [7, 11) is 1.51. The molecule has 0 saturated heterocycles. The molecule has 1 unspecified atom stereocenters. The largest absolute Gasteiger partial charge is 0.495 e. The van der Waals surface area contributed by atoms with E-state index in [0.717, 1.165) is 12.8 Å². The second-order valence-corrected chi connectivity index (χ2v) is 3.90. The molecule has 3 N–H and O–H groups in total. The number of hydrogen-bond donors (Lipinski definition) is 2. The maximum Gasteiger partial charge on any atom is 0.254 e. The van der Waals surface area contributed by atoms with E-state index in [0.29, 0.717) is 17.0 Å². The van der Waals surface area contributed by atoms with Crippen LogP contribution in [-0.4, -0.2) is 19.1 Å². The number of ether oxygens (including phenoxy) is 1. The summed E-state index contributed by atoms with van der Waals surface area (Å²) < 4.78 is 5.07. The predicted molar refractivity (Wildman–Crippen MR) is 72.4 cm³/mol. The summed E-state index contributed by atoms with van der Waals surface area (Å²) in [5, 5.41) is 2.77. The topological polar surface area (TPSA) is 64.3 Å². The predicted octanol–water partition coefficient (Wildman–Crippen LogP) is 1.81. The Hall–Kier alpha value is -2.15. The first-order valence-corrected chi connectivity index (χ1v) is 5.83. The van der Waals surface area contributed by atoms with Crippen LogP contribution in [-0.2, 0) is 0 Å². The number of para-hydroxylation sites is 1. The second kappa shape index (κ2) is 6.55. The summed E-state index contributed by atoms with van der Waals surface area (Å²) >= 11 is 0. The molecule has 0 spiro atoms. The lowest BCUT2D eigenvalue weighted by Gasteiger charge is -2.14. The summed E-state index contributed by atoms with van der Waals surface area (Å²) in [6.45, 7) is 2.01. The fraction of sp³-hybridized carbons (Fsp3) is 0.357. The lowest BCUT2D eigenvalue weighted by Crippen LogP contribution is -2.34. The molecular weight excluding hydrogens is 228 g/mol. The molecule has 1 rings (SSSR count). The van der Waals surface area contributed by atoms with Crippen molar-refractivity contribution in [2.45, 2.75) is 25.8 Å².